The number of carbonyl (C=O) groups is 2. The van der Waals surface area contributed by atoms with E-state index < -0.39 is 5.97 Å². The number of aromatic amines is 1. The van der Waals surface area contributed by atoms with Crippen molar-refractivity contribution >= 4 is 23.4 Å². The lowest BCUT2D eigenvalue weighted by molar-refractivity contribution is 0.0469. The average Bonchev–Trinajstić information content (AvgIpc) is 3.25. The Balaban J connectivity index is 1.76. The van der Waals surface area contributed by atoms with Gasteiger partial charge in [-0.3, -0.25) is 9.36 Å². The van der Waals surface area contributed by atoms with Crippen molar-refractivity contribution in [2.45, 2.75) is 20.8 Å². The minimum Gasteiger partial charge on any atom is -0.453 e. The maximum atomic E-state index is 12.4. The largest absolute Gasteiger partial charge is 0.453 e. The Morgan fingerprint density at radius 1 is 1.28 bits per heavy atom. The number of H-pyrrole nitrogens is 1. The molecule has 0 aromatic carbocycles. The fraction of sp³-hybridized carbons (Fsp3) is 0.235. The van der Waals surface area contributed by atoms with Crippen LogP contribution in [-0.2, 0) is 4.74 Å². The van der Waals surface area contributed by atoms with Crippen LogP contribution in [0.25, 0.3) is 5.82 Å². The molecular formula is C17H16ClN3O4. The number of esters is 1. The molecule has 1 N–H and O–H groups in total. The van der Waals surface area contributed by atoms with Crippen LogP contribution in [0.2, 0.25) is 5.02 Å². The number of aromatic nitrogens is 3. The maximum absolute atomic E-state index is 12.4. The zero-order valence-electron chi connectivity index (χ0n) is 13.9. The van der Waals surface area contributed by atoms with Crippen LogP contribution in [0.5, 0.6) is 0 Å². The molecule has 0 saturated heterocycles. The van der Waals surface area contributed by atoms with E-state index in [9.17, 15) is 9.59 Å². The van der Waals surface area contributed by atoms with Gasteiger partial charge in [-0.2, -0.15) is 0 Å². The minimum absolute atomic E-state index is 0.196. The van der Waals surface area contributed by atoms with Crippen LogP contribution in [0, 0.1) is 20.8 Å². The predicted molar refractivity (Wildman–Crippen MR) is 90.5 cm³/mol. The molecule has 7 nitrogen and oxygen atoms in total. The van der Waals surface area contributed by atoms with Gasteiger partial charge in [0.15, 0.2) is 12.4 Å². The van der Waals surface area contributed by atoms with E-state index >= 15 is 0 Å². The molecule has 25 heavy (non-hydrogen) atoms. The van der Waals surface area contributed by atoms with Gasteiger partial charge in [0.2, 0.25) is 5.78 Å². The number of halogens is 1. The number of carbonyl (C=O) groups excluding carboxylic acids is 2. The van der Waals surface area contributed by atoms with Crippen LogP contribution >= 0.6 is 11.6 Å². The van der Waals surface area contributed by atoms with Gasteiger partial charge in [0.25, 0.3) is 0 Å². The molecule has 0 aliphatic heterocycles. The summed E-state index contributed by atoms with van der Waals surface area (Å²) in [6, 6.07) is 4.96. The summed E-state index contributed by atoms with van der Waals surface area (Å²) < 4.78 is 12.0. The first-order chi connectivity index (χ1) is 11.9. The Morgan fingerprint density at radius 3 is 2.64 bits per heavy atom. The maximum Gasteiger partial charge on any atom is 0.355 e. The Bertz CT molecular complexity index is 951. The summed E-state index contributed by atoms with van der Waals surface area (Å²) in [6.45, 7) is 5.10. The van der Waals surface area contributed by atoms with E-state index in [4.69, 9.17) is 20.9 Å². The van der Waals surface area contributed by atoms with Crippen LogP contribution in [0.4, 0.5) is 0 Å². The second kappa shape index (κ2) is 6.60. The van der Waals surface area contributed by atoms with Crippen molar-refractivity contribution in [1.29, 1.82) is 0 Å². The zero-order chi connectivity index (χ0) is 18.1. The van der Waals surface area contributed by atoms with Gasteiger partial charge in [-0.05, 0) is 32.9 Å². The molecule has 0 unspecified atom stereocenters. The summed E-state index contributed by atoms with van der Waals surface area (Å²) in [5.41, 5.74) is 2.20. The second-order valence-electron chi connectivity index (χ2n) is 5.65. The van der Waals surface area contributed by atoms with Crippen molar-refractivity contribution in [2.75, 3.05) is 6.61 Å². The zero-order valence-corrected chi connectivity index (χ0v) is 14.7. The Hall–Kier alpha value is -2.80. The Kier molecular flexibility index (Phi) is 4.50. The number of ketones is 1. The molecule has 0 spiro atoms. The number of aryl methyl sites for hydroxylation is 2. The summed E-state index contributed by atoms with van der Waals surface area (Å²) in [7, 11) is 0. The number of ether oxygens (including phenoxy) is 1. The first kappa shape index (κ1) is 17.0. The highest BCUT2D eigenvalue weighted by molar-refractivity contribution is 6.30. The fourth-order valence-corrected chi connectivity index (χ4v) is 2.79. The van der Waals surface area contributed by atoms with Gasteiger partial charge in [0.05, 0.1) is 5.02 Å². The molecular weight excluding hydrogens is 346 g/mol. The Morgan fingerprint density at radius 2 is 2.04 bits per heavy atom. The van der Waals surface area contributed by atoms with E-state index in [1.54, 1.807) is 26.0 Å². The topological polar surface area (TPSA) is 90.1 Å². The summed E-state index contributed by atoms with van der Waals surface area (Å²) >= 11 is 5.74. The summed E-state index contributed by atoms with van der Waals surface area (Å²) in [5, 5.41) is 4.36. The number of rotatable bonds is 5. The number of Topliss-reactive ketones (excluding diaryl/α,β-unsaturated/α-hetero) is 1. The number of hydrogen-bond acceptors (Lipinski definition) is 5. The smallest absolute Gasteiger partial charge is 0.355 e. The standard InChI is InChI=1S/C17H16ClN3O4/c1-9-4-13(11(3)21(9)16-5-10(2)25-20-16)15(22)8-24-17(23)14-6-12(18)7-19-14/h4-7,19H,8H2,1-3H3. The first-order valence-electron chi connectivity index (χ1n) is 7.53. The lowest BCUT2D eigenvalue weighted by atomic mass is 10.1. The van der Waals surface area contributed by atoms with Gasteiger partial charge in [-0.15, -0.1) is 0 Å². The third-order valence-corrected chi connectivity index (χ3v) is 4.00. The van der Waals surface area contributed by atoms with Crippen molar-refractivity contribution < 1.29 is 18.8 Å². The van der Waals surface area contributed by atoms with Crippen LogP contribution < -0.4 is 0 Å². The molecule has 3 heterocycles. The highest BCUT2D eigenvalue weighted by Gasteiger charge is 2.20. The summed E-state index contributed by atoms with van der Waals surface area (Å²) in [6.07, 6.45) is 1.47. The van der Waals surface area contributed by atoms with E-state index in [0.29, 0.717) is 27.9 Å². The van der Waals surface area contributed by atoms with Crippen molar-refractivity contribution in [1.82, 2.24) is 14.7 Å². The molecule has 3 aromatic rings. The SMILES string of the molecule is Cc1cc(-n2c(C)cc(C(=O)COC(=O)c3cc(Cl)c[nH]3)c2C)no1. The minimum atomic E-state index is -0.638. The lowest BCUT2D eigenvalue weighted by Gasteiger charge is -2.05. The monoisotopic (exact) mass is 361 g/mol. The van der Waals surface area contributed by atoms with E-state index in [0.717, 1.165) is 5.69 Å². The summed E-state index contributed by atoms with van der Waals surface area (Å²) in [4.78, 5) is 27.0. The predicted octanol–water partition coefficient (Wildman–Crippen LogP) is 3.41. The Labute approximate surface area is 148 Å². The van der Waals surface area contributed by atoms with Crippen LogP contribution in [0.15, 0.2) is 28.9 Å². The van der Waals surface area contributed by atoms with E-state index in [1.165, 1.54) is 12.3 Å². The van der Waals surface area contributed by atoms with Crippen molar-refractivity contribution in [3.8, 4) is 5.82 Å². The van der Waals surface area contributed by atoms with Gasteiger partial charge in [-0.25, -0.2) is 4.79 Å². The third-order valence-electron chi connectivity index (χ3n) is 3.78. The van der Waals surface area contributed by atoms with Crippen molar-refractivity contribution in [2.24, 2.45) is 0 Å². The molecule has 3 rings (SSSR count). The van der Waals surface area contributed by atoms with E-state index in [1.807, 2.05) is 11.5 Å². The molecule has 8 heteroatoms. The van der Waals surface area contributed by atoms with E-state index in [-0.39, 0.29) is 18.1 Å². The molecule has 3 aromatic heterocycles. The molecule has 130 valence electrons. The highest BCUT2D eigenvalue weighted by atomic mass is 35.5. The van der Waals surface area contributed by atoms with Crippen molar-refractivity contribution in [3.63, 3.8) is 0 Å². The lowest BCUT2D eigenvalue weighted by Crippen LogP contribution is -2.15. The molecule has 0 radical (unpaired) electrons. The molecule has 0 bridgehead atoms. The van der Waals surface area contributed by atoms with Gasteiger partial charge in [0, 0.05) is 29.2 Å². The molecule has 0 aliphatic carbocycles. The van der Waals surface area contributed by atoms with Crippen LogP contribution in [0.1, 0.15) is 38.0 Å². The third kappa shape index (κ3) is 3.36. The normalized spacial score (nSPS) is 10.9. The van der Waals surface area contributed by atoms with Crippen molar-refractivity contribution in [3.05, 3.63) is 57.8 Å². The van der Waals surface area contributed by atoms with Gasteiger partial charge in [-0.1, -0.05) is 16.8 Å². The number of hydrogen-bond donors (Lipinski definition) is 1. The molecule has 0 fully saturated rings. The number of nitrogens with one attached hydrogen (secondary N) is 1. The van der Waals surface area contributed by atoms with E-state index in [2.05, 4.69) is 10.1 Å². The summed E-state index contributed by atoms with van der Waals surface area (Å²) in [5.74, 6) is 0.338. The quantitative estimate of drug-likeness (QED) is 0.555. The first-order valence-corrected chi connectivity index (χ1v) is 7.91. The van der Waals surface area contributed by atoms with Crippen LogP contribution in [-0.4, -0.2) is 33.1 Å². The fourth-order valence-electron chi connectivity index (χ4n) is 2.63. The molecule has 0 atom stereocenters. The van der Waals surface area contributed by atoms with Gasteiger partial charge < -0.3 is 14.2 Å². The molecule has 0 saturated carbocycles. The van der Waals surface area contributed by atoms with Gasteiger partial charge >= 0.3 is 5.97 Å². The second-order valence-corrected chi connectivity index (χ2v) is 6.08. The number of nitrogens with zero attached hydrogens (tertiary/aromatic N) is 2. The molecule has 0 amide bonds. The molecule has 0 aliphatic rings. The van der Waals surface area contributed by atoms with Crippen LogP contribution in [0.3, 0.4) is 0 Å². The van der Waals surface area contributed by atoms with Gasteiger partial charge in [0.1, 0.15) is 11.5 Å². The highest BCUT2D eigenvalue weighted by Crippen LogP contribution is 2.21. The average molecular weight is 362 g/mol.